The molecular weight excluding hydrogens is 394 g/mol. The van der Waals surface area contributed by atoms with Crippen molar-refractivity contribution in [2.24, 2.45) is 10.7 Å². The second-order valence-electron chi connectivity index (χ2n) is 8.89. The Kier molecular flexibility index (Phi) is 4.69. The third-order valence-electron chi connectivity index (χ3n) is 6.73. The van der Waals surface area contributed by atoms with Gasteiger partial charge in [0.15, 0.2) is 5.96 Å². The second kappa shape index (κ2) is 6.91. The molecular formula is C25H26F2N4. The maximum Gasteiger partial charge on any atom is 0.270 e. The van der Waals surface area contributed by atoms with Crippen LogP contribution in [0, 0.1) is 11.3 Å². The molecule has 2 atom stereocenters. The molecule has 0 spiro atoms. The monoisotopic (exact) mass is 420 g/mol. The van der Waals surface area contributed by atoms with E-state index >= 15 is 0 Å². The number of guanidine groups is 1. The summed E-state index contributed by atoms with van der Waals surface area (Å²) in [4.78, 5) is 6.58. The molecule has 4 nitrogen and oxygen atoms in total. The van der Waals surface area contributed by atoms with E-state index in [2.05, 4.69) is 12.6 Å². The number of halogens is 2. The summed E-state index contributed by atoms with van der Waals surface area (Å²) in [5.41, 5.74) is 8.42. The van der Waals surface area contributed by atoms with Crippen LogP contribution < -0.4 is 5.73 Å². The molecule has 1 aliphatic carbocycles. The zero-order valence-electron chi connectivity index (χ0n) is 18.0. The highest BCUT2D eigenvalue weighted by Crippen LogP contribution is 2.51. The summed E-state index contributed by atoms with van der Waals surface area (Å²) in [5.74, 6) is -2.88. The molecule has 0 radical (unpaired) electrons. The molecule has 31 heavy (non-hydrogen) atoms. The van der Waals surface area contributed by atoms with Crippen LogP contribution in [0.1, 0.15) is 54.9 Å². The van der Waals surface area contributed by atoms with E-state index in [1.165, 1.54) is 12.1 Å². The number of rotatable bonds is 4. The Labute approximate surface area is 181 Å². The lowest BCUT2D eigenvalue weighted by Crippen LogP contribution is -2.47. The van der Waals surface area contributed by atoms with Gasteiger partial charge in [0.25, 0.3) is 5.92 Å². The van der Waals surface area contributed by atoms with Gasteiger partial charge in [0, 0.05) is 25.2 Å². The van der Waals surface area contributed by atoms with Crippen molar-refractivity contribution < 1.29 is 8.78 Å². The average molecular weight is 421 g/mol. The molecule has 6 heteroatoms. The highest BCUT2D eigenvalue weighted by Gasteiger charge is 2.47. The smallest absolute Gasteiger partial charge is 0.270 e. The van der Waals surface area contributed by atoms with E-state index < -0.39 is 16.9 Å². The van der Waals surface area contributed by atoms with Gasteiger partial charge in [-0.25, -0.2) is 13.8 Å². The summed E-state index contributed by atoms with van der Waals surface area (Å²) in [6, 6.07) is 16.7. The lowest BCUT2D eigenvalue weighted by Gasteiger charge is -2.44. The standard InChI is InChI=1S/C25H26F2N4/c1-16-21(17-8-10-18(11-9-17)24(3,26)27)23(2,30-22(29)31(16)4)19-6-5-7-20(14-19)25(15-28)12-13-25/h5-11,14,21H,1,12-13H2,2-4H3,(H2,29,30)/t21-,23+/m0/s1. The SMILES string of the molecule is C=C1[C@@H](c2ccc(C(C)(F)F)cc2)[C@@](C)(c2cccc(C3(C#N)CC3)c2)N=C(N)N1C. The lowest BCUT2D eigenvalue weighted by molar-refractivity contribution is 0.0174. The van der Waals surface area contributed by atoms with Crippen LogP contribution in [-0.4, -0.2) is 17.9 Å². The molecule has 2 aromatic carbocycles. The van der Waals surface area contributed by atoms with Crippen molar-refractivity contribution in [3.05, 3.63) is 83.1 Å². The van der Waals surface area contributed by atoms with Gasteiger partial charge in [-0.3, -0.25) is 0 Å². The van der Waals surface area contributed by atoms with E-state index in [4.69, 9.17) is 10.7 Å². The maximum atomic E-state index is 13.7. The van der Waals surface area contributed by atoms with Crippen LogP contribution in [0.3, 0.4) is 0 Å². The molecule has 1 aliphatic heterocycles. The van der Waals surface area contributed by atoms with Crippen LogP contribution in [0.4, 0.5) is 8.78 Å². The maximum absolute atomic E-state index is 13.7. The average Bonchev–Trinajstić information content (AvgIpc) is 3.53. The second-order valence-corrected chi connectivity index (χ2v) is 8.89. The lowest BCUT2D eigenvalue weighted by atomic mass is 9.72. The topological polar surface area (TPSA) is 65.4 Å². The van der Waals surface area contributed by atoms with Crippen LogP contribution in [0.15, 0.2) is 65.8 Å². The van der Waals surface area contributed by atoms with Crippen LogP contribution in [0.2, 0.25) is 0 Å². The highest BCUT2D eigenvalue weighted by atomic mass is 19.3. The Bertz CT molecular complexity index is 1100. The van der Waals surface area contributed by atoms with Gasteiger partial charge in [0.2, 0.25) is 0 Å². The van der Waals surface area contributed by atoms with Crippen molar-refractivity contribution in [2.45, 2.75) is 49.5 Å². The van der Waals surface area contributed by atoms with E-state index in [0.29, 0.717) is 5.96 Å². The number of nitriles is 1. The highest BCUT2D eigenvalue weighted by molar-refractivity contribution is 5.82. The summed E-state index contributed by atoms with van der Waals surface area (Å²) in [7, 11) is 1.80. The summed E-state index contributed by atoms with van der Waals surface area (Å²) in [6.45, 7) is 7.13. The van der Waals surface area contributed by atoms with E-state index in [0.717, 1.165) is 42.2 Å². The van der Waals surface area contributed by atoms with E-state index in [1.807, 2.05) is 31.2 Å². The van der Waals surface area contributed by atoms with Gasteiger partial charge in [-0.2, -0.15) is 5.26 Å². The molecule has 2 aromatic rings. The van der Waals surface area contributed by atoms with E-state index in [9.17, 15) is 14.0 Å². The first-order valence-electron chi connectivity index (χ1n) is 10.3. The zero-order valence-corrected chi connectivity index (χ0v) is 18.0. The van der Waals surface area contributed by atoms with E-state index in [-0.39, 0.29) is 11.5 Å². The predicted octanol–water partition coefficient (Wildman–Crippen LogP) is 5.13. The molecule has 2 aliphatic rings. The Balaban J connectivity index is 1.85. The minimum Gasteiger partial charge on any atom is -0.370 e. The summed E-state index contributed by atoms with van der Waals surface area (Å²) in [6.07, 6.45) is 1.70. The van der Waals surface area contributed by atoms with Gasteiger partial charge >= 0.3 is 0 Å². The molecule has 0 saturated heterocycles. The van der Waals surface area contributed by atoms with Crippen LogP contribution in [0.25, 0.3) is 0 Å². The van der Waals surface area contributed by atoms with Crippen LogP contribution in [0.5, 0.6) is 0 Å². The normalized spacial score (nSPS) is 25.0. The first-order valence-corrected chi connectivity index (χ1v) is 10.3. The summed E-state index contributed by atoms with van der Waals surface area (Å²) < 4.78 is 27.5. The molecule has 0 amide bonds. The number of nitrogens with two attached hydrogens (primary N) is 1. The number of likely N-dealkylation sites (N-methyl/N-ethyl adjacent to an activating group) is 1. The number of nitrogens with zero attached hydrogens (tertiary/aromatic N) is 3. The van der Waals surface area contributed by atoms with E-state index in [1.54, 1.807) is 24.1 Å². The molecule has 1 heterocycles. The number of alkyl halides is 2. The van der Waals surface area contributed by atoms with Crippen molar-refractivity contribution in [3.8, 4) is 6.07 Å². The Morgan fingerprint density at radius 1 is 1.19 bits per heavy atom. The third kappa shape index (κ3) is 3.38. The van der Waals surface area contributed by atoms with Gasteiger partial charge in [-0.15, -0.1) is 0 Å². The van der Waals surface area contributed by atoms with Crippen molar-refractivity contribution in [1.82, 2.24) is 4.90 Å². The Morgan fingerprint density at radius 2 is 1.81 bits per heavy atom. The molecule has 1 fully saturated rings. The van der Waals surface area contributed by atoms with Crippen molar-refractivity contribution in [3.63, 3.8) is 0 Å². The fraction of sp³-hybridized carbons (Fsp3) is 0.360. The van der Waals surface area contributed by atoms with Crippen LogP contribution >= 0.6 is 0 Å². The fourth-order valence-electron chi connectivity index (χ4n) is 4.48. The molecule has 0 unspecified atom stereocenters. The third-order valence-corrected chi connectivity index (χ3v) is 6.73. The number of aliphatic imine (C=N–C) groups is 1. The number of hydrogen-bond acceptors (Lipinski definition) is 4. The Morgan fingerprint density at radius 3 is 2.35 bits per heavy atom. The molecule has 0 aromatic heterocycles. The minimum atomic E-state index is -2.91. The quantitative estimate of drug-likeness (QED) is 0.746. The molecule has 160 valence electrons. The van der Waals surface area contributed by atoms with Gasteiger partial charge < -0.3 is 10.6 Å². The zero-order chi connectivity index (χ0) is 22.6. The van der Waals surface area contributed by atoms with Crippen molar-refractivity contribution in [1.29, 1.82) is 5.26 Å². The van der Waals surface area contributed by atoms with Gasteiger partial charge in [0.1, 0.15) is 0 Å². The predicted molar refractivity (Wildman–Crippen MR) is 118 cm³/mol. The van der Waals surface area contributed by atoms with Crippen molar-refractivity contribution >= 4 is 5.96 Å². The Hall–Kier alpha value is -3.20. The number of hydrogen-bond donors (Lipinski definition) is 1. The molecule has 1 saturated carbocycles. The van der Waals surface area contributed by atoms with Gasteiger partial charge in [-0.05, 0) is 36.5 Å². The van der Waals surface area contributed by atoms with Crippen molar-refractivity contribution in [2.75, 3.05) is 7.05 Å². The molecule has 0 bridgehead atoms. The van der Waals surface area contributed by atoms with Crippen LogP contribution in [-0.2, 0) is 16.9 Å². The largest absolute Gasteiger partial charge is 0.370 e. The minimum absolute atomic E-state index is 0.0394. The molecule has 2 N–H and O–H groups in total. The van der Waals surface area contributed by atoms with Gasteiger partial charge in [0.05, 0.1) is 22.9 Å². The summed E-state index contributed by atoms with van der Waals surface area (Å²) >= 11 is 0. The number of benzene rings is 2. The summed E-state index contributed by atoms with van der Waals surface area (Å²) in [5, 5.41) is 9.64. The fourth-order valence-corrected chi connectivity index (χ4v) is 4.48. The first-order chi connectivity index (χ1) is 14.5. The molecule has 4 rings (SSSR count). The first kappa shape index (κ1) is 21.0. The van der Waals surface area contributed by atoms with Gasteiger partial charge in [-0.1, -0.05) is 55.1 Å².